The fraction of sp³-hybridized carbons (Fsp3) is 0.100. The van der Waals surface area contributed by atoms with Crippen LogP contribution >= 0.6 is 0 Å². The van der Waals surface area contributed by atoms with E-state index < -0.39 is 9.84 Å². The second-order valence-corrected chi connectivity index (χ2v) is 10.5. The summed E-state index contributed by atoms with van der Waals surface area (Å²) >= 11 is 0. The number of rotatable bonds is 9. The largest absolute Gasteiger partial charge is 0.457 e. The highest BCUT2D eigenvalue weighted by Crippen LogP contribution is 2.30. The smallest absolute Gasteiger partial charge is 0.233 e. The summed E-state index contributed by atoms with van der Waals surface area (Å²) in [5.74, 6) is 1.85. The van der Waals surface area contributed by atoms with E-state index in [-0.39, 0.29) is 15.8 Å². The first kappa shape index (κ1) is 24.3. The summed E-state index contributed by atoms with van der Waals surface area (Å²) in [7, 11) is -3.90. The number of nitrogens with zero attached hydrogens (tertiary/aromatic N) is 1. The van der Waals surface area contributed by atoms with E-state index in [9.17, 15) is 8.42 Å². The summed E-state index contributed by atoms with van der Waals surface area (Å²) in [6.07, 6.45) is 0.374. The standard InChI is InChI=1S/C30H26N2O4S/c1-22-15-17-27(18-16-22)37(33,34)30-29(36-28(32-30)20-23-9-4-2-5-10-23)31-21-24-11-8-14-26(19-24)35-25-12-6-3-7-13-25/h2-19,31H,20-21H2,1H3. The lowest BCUT2D eigenvalue weighted by molar-refractivity contribution is 0.482. The van der Waals surface area contributed by atoms with Crippen molar-refractivity contribution in [1.29, 1.82) is 0 Å². The molecule has 0 bridgehead atoms. The van der Waals surface area contributed by atoms with Crippen LogP contribution in [0.25, 0.3) is 0 Å². The normalized spacial score (nSPS) is 11.3. The van der Waals surface area contributed by atoms with Crippen LogP contribution in [0.5, 0.6) is 11.5 Å². The molecule has 0 unspecified atom stereocenters. The number of hydrogen-bond acceptors (Lipinski definition) is 6. The van der Waals surface area contributed by atoms with Crippen LogP contribution in [-0.2, 0) is 22.8 Å². The number of oxazole rings is 1. The molecule has 5 rings (SSSR count). The lowest BCUT2D eigenvalue weighted by Crippen LogP contribution is -2.07. The summed E-state index contributed by atoms with van der Waals surface area (Å²) in [6, 6.07) is 33.5. The van der Waals surface area contributed by atoms with Gasteiger partial charge in [-0.15, -0.1) is 0 Å². The molecule has 6 nitrogen and oxygen atoms in total. The number of sulfone groups is 1. The number of nitrogens with one attached hydrogen (secondary N) is 1. The van der Waals surface area contributed by atoms with Crippen molar-refractivity contribution in [2.24, 2.45) is 0 Å². The minimum atomic E-state index is -3.90. The zero-order chi connectivity index (χ0) is 25.7. The van der Waals surface area contributed by atoms with Crippen LogP contribution in [0.4, 0.5) is 5.88 Å². The van der Waals surface area contributed by atoms with Crippen molar-refractivity contribution in [2.45, 2.75) is 29.8 Å². The average Bonchev–Trinajstić information content (AvgIpc) is 3.32. The molecule has 0 amide bonds. The van der Waals surface area contributed by atoms with E-state index in [1.807, 2.05) is 91.9 Å². The lowest BCUT2D eigenvalue weighted by Gasteiger charge is -2.09. The number of aromatic nitrogens is 1. The van der Waals surface area contributed by atoms with E-state index in [2.05, 4.69) is 10.3 Å². The summed E-state index contributed by atoms with van der Waals surface area (Å²) < 4.78 is 38.9. The second kappa shape index (κ2) is 10.7. The van der Waals surface area contributed by atoms with Crippen molar-refractivity contribution in [3.63, 3.8) is 0 Å². The van der Waals surface area contributed by atoms with E-state index in [4.69, 9.17) is 9.15 Å². The molecule has 37 heavy (non-hydrogen) atoms. The van der Waals surface area contributed by atoms with Gasteiger partial charge in [-0.1, -0.05) is 78.4 Å². The molecule has 0 aliphatic heterocycles. The Balaban J connectivity index is 1.42. The maximum Gasteiger partial charge on any atom is 0.233 e. The highest BCUT2D eigenvalue weighted by molar-refractivity contribution is 7.91. The molecule has 0 radical (unpaired) electrons. The number of ether oxygens (including phenoxy) is 1. The monoisotopic (exact) mass is 510 g/mol. The van der Waals surface area contributed by atoms with E-state index >= 15 is 0 Å². The van der Waals surface area contributed by atoms with Crippen LogP contribution in [0.3, 0.4) is 0 Å². The van der Waals surface area contributed by atoms with Crippen molar-refractivity contribution in [1.82, 2.24) is 4.98 Å². The number of anilines is 1. The van der Waals surface area contributed by atoms with Gasteiger partial charge in [0.25, 0.3) is 0 Å². The molecular weight excluding hydrogens is 484 g/mol. The van der Waals surface area contributed by atoms with Gasteiger partial charge in [0.05, 0.1) is 4.90 Å². The van der Waals surface area contributed by atoms with Crippen molar-refractivity contribution >= 4 is 15.7 Å². The van der Waals surface area contributed by atoms with Crippen molar-refractivity contribution < 1.29 is 17.6 Å². The molecule has 1 N–H and O–H groups in total. The molecular formula is C30H26N2O4S. The lowest BCUT2D eigenvalue weighted by atomic mass is 10.2. The summed E-state index contributed by atoms with van der Waals surface area (Å²) in [6.45, 7) is 2.23. The third-order valence-corrected chi connectivity index (χ3v) is 7.43. The number of hydrogen-bond donors (Lipinski definition) is 1. The van der Waals surface area contributed by atoms with Crippen molar-refractivity contribution in [3.05, 3.63) is 132 Å². The molecule has 0 atom stereocenters. The Bertz CT molecular complexity index is 1580. The van der Waals surface area contributed by atoms with Gasteiger partial charge >= 0.3 is 0 Å². The number of aryl methyl sites for hydroxylation is 1. The van der Waals surface area contributed by atoms with Gasteiger partial charge in [-0.25, -0.2) is 8.42 Å². The zero-order valence-corrected chi connectivity index (χ0v) is 21.1. The molecule has 5 aromatic rings. The van der Waals surface area contributed by atoms with Crippen molar-refractivity contribution in [2.75, 3.05) is 5.32 Å². The Morgan fingerprint density at radius 2 is 1.43 bits per heavy atom. The molecule has 7 heteroatoms. The van der Waals surface area contributed by atoms with Gasteiger partial charge in [-0.05, 0) is 54.4 Å². The Labute approximate surface area is 216 Å². The quantitative estimate of drug-likeness (QED) is 0.235. The highest BCUT2D eigenvalue weighted by Gasteiger charge is 2.28. The summed E-state index contributed by atoms with van der Waals surface area (Å²) in [4.78, 5) is 4.59. The maximum absolute atomic E-state index is 13.5. The van der Waals surface area contributed by atoms with Gasteiger partial charge in [0.2, 0.25) is 26.6 Å². The summed E-state index contributed by atoms with van der Waals surface area (Å²) in [5, 5.41) is 3.02. The van der Waals surface area contributed by atoms with E-state index in [0.717, 1.165) is 22.4 Å². The Morgan fingerprint density at radius 1 is 0.784 bits per heavy atom. The van der Waals surface area contributed by atoms with Crippen LogP contribution in [-0.4, -0.2) is 13.4 Å². The van der Waals surface area contributed by atoms with E-state index in [1.54, 1.807) is 24.3 Å². The van der Waals surface area contributed by atoms with Crippen LogP contribution in [0.15, 0.2) is 124 Å². The molecule has 0 spiro atoms. The first-order chi connectivity index (χ1) is 18.0. The highest BCUT2D eigenvalue weighted by atomic mass is 32.2. The molecule has 0 saturated heterocycles. The molecule has 1 heterocycles. The van der Waals surface area contributed by atoms with Crippen LogP contribution in [0.2, 0.25) is 0 Å². The maximum atomic E-state index is 13.5. The van der Waals surface area contributed by atoms with Gasteiger partial charge in [0.15, 0.2) is 0 Å². The molecule has 0 fully saturated rings. The fourth-order valence-corrected chi connectivity index (χ4v) is 5.14. The Kier molecular flexibility index (Phi) is 7.05. The number of para-hydroxylation sites is 1. The van der Waals surface area contributed by atoms with Gasteiger partial charge in [-0.3, -0.25) is 0 Å². The molecule has 0 saturated carbocycles. The molecule has 0 aliphatic carbocycles. The predicted molar refractivity (Wildman–Crippen MR) is 143 cm³/mol. The third kappa shape index (κ3) is 5.90. The van der Waals surface area contributed by atoms with Gasteiger partial charge in [-0.2, -0.15) is 4.98 Å². The van der Waals surface area contributed by atoms with Crippen LogP contribution in [0, 0.1) is 6.92 Å². The number of benzene rings is 4. The van der Waals surface area contributed by atoms with Crippen molar-refractivity contribution in [3.8, 4) is 11.5 Å². The average molecular weight is 511 g/mol. The minimum Gasteiger partial charge on any atom is -0.457 e. The molecule has 186 valence electrons. The fourth-order valence-electron chi connectivity index (χ4n) is 3.84. The zero-order valence-electron chi connectivity index (χ0n) is 20.3. The predicted octanol–water partition coefficient (Wildman–Crippen LogP) is 6.81. The van der Waals surface area contributed by atoms with Gasteiger partial charge < -0.3 is 14.5 Å². The van der Waals surface area contributed by atoms with Gasteiger partial charge in [0.1, 0.15) is 11.5 Å². The summed E-state index contributed by atoms with van der Waals surface area (Å²) in [5.41, 5.74) is 2.84. The minimum absolute atomic E-state index is 0.112. The molecule has 4 aromatic carbocycles. The Morgan fingerprint density at radius 3 is 2.16 bits per heavy atom. The first-order valence-corrected chi connectivity index (χ1v) is 13.4. The molecule has 0 aliphatic rings. The SMILES string of the molecule is Cc1ccc(S(=O)(=O)c2nc(Cc3ccccc3)oc2NCc2cccc(Oc3ccccc3)c2)cc1. The van der Waals surface area contributed by atoms with Crippen LogP contribution < -0.4 is 10.1 Å². The van der Waals surface area contributed by atoms with E-state index in [1.165, 1.54) is 0 Å². The third-order valence-electron chi connectivity index (χ3n) is 5.75. The first-order valence-electron chi connectivity index (χ1n) is 11.9. The van der Waals surface area contributed by atoms with E-state index in [0.29, 0.717) is 24.6 Å². The second-order valence-electron chi connectivity index (χ2n) is 8.64. The Hall–Kier alpha value is -4.36. The van der Waals surface area contributed by atoms with Gasteiger partial charge in [0, 0.05) is 13.0 Å². The molecule has 1 aromatic heterocycles. The van der Waals surface area contributed by atoms with Crippen LogP contribution in [0.1, 0.15) is 22.6 Å². The topological polar surface area (TPSA) is 81.4 Å².